The zero-order valence-electron chi connectivity index (χ0n) is 11.1. The van der Waals surface area contributed by atoms with Crippen LogP contribution in [0.3, 0.4) is 0 Å². The number of hydrazine groups is 1. The van der Waals surface area contributed by atoms with Crippen LogP contribution < -0.4 is 16.0 Å². The molecule has 6 heteroatoms. The fourth-order valence-electron chi connectivity index (χ4n) is 1.77. The van der Waals surface area contributed by atoms with E-state index in [1.165, 1.54) is 0 Å². The Labute approximate surface area is 132 Å². The third-order valence-electron chi connectivity index (χ3n) is 2.85. The maximum atomic E-state index is 11.2. The third kappa shape index (κ3) is 4.36. The molecule has 0 aromatic heterocycles. The summed E-state index contributed by atoms with van der Waals surface area (Å²) in [5, 5.41) is 0.942. The highest BCUT2D eigenvalue weighted by Gasteiger charge is 2.07. The Kier molecular flexibility index (Phi) is 5.44. The SMILES string of the molecule is NNC(=O)Cc1ccc(COc2c(Cl)cccc2Cl)cc1. The molecule has 0 aliphatic heterocycles. The van der Waals surface area contributed by atoms with Gasteiger partial charge >= 0.3 is 0 Å². The van der Waals surface area contributed by atoms with Gasteiger partial charge in [0.1, 0.15) is 6.61 Å². The second-order valence-electron chi connectivity index (χ2n) is 4.40. The Bertz CT molecular complexity index is 610. The van der Waals surface area contributed by atoms with Crippen LogP contribution in [0.1, 0.15) is 11.1 Å². The molecule has 0 bridgehead atoms. The second kappa shape index (κ2) is 7.31. The lowest BCUT2D eigenvalue weighted by molar-refractivity contribution is -0.120. The van der Waals surface area contributed by atoms with Crippen molar-refractivity contribution >= 4 is 29.1 Å². The van der Waals surface area contributed by atoms with Gasteiger partial charge in [0.25, 0.3) is 0 Å². The van der Waals surface area contributed by atoms with Crippen LogP contribution in [-0.2, 0) is 17.8 Å². The van der Waals surface area contributed by atoms with Crippen LogP contribution in [0, 0.1) is 0 Å². The number of benzene rings is 2. The fourth-order valence-corrected chi connectivity index (χ4v) is 2.27. The maximum absolute atomic E-state index is 11.2. The van der Waals surface area contributed by atoms with Crippen LogP contribution in [0.25, 0.3) is 0 Å². The molecule has 3 N–H and O–H groups in total. The minimum atomic E-state index is -0.234. The summed E-state index contributed by atoms with van der Waals surface area (Å²) < 4.78 is 5.63. The summed E-state index contributed by atoms with van der Waals surface area (Å²) in [5.41, 5.74) is 3.91. The number of halogens is 2. The minimum Gasteiger partial charge on any atom is -0.486 e. The first-order valence-electron chi connectivity index (χ1n) is 6.24. The molecule has 2 aromatic carbocycles. The largest absolute Gasteiger partial charge is 0.486 e. The van der Waals surface area contributed by atoms with Crippen molar-refractivity contribution in [2.45, 2.75) is 13.0 Å². The molecule has 0 fully saturated rings. The number of carbonyl (C=O) groups is 1. The molecular weight excluding hydrogens is 311 g/mol. The van der Waals surface area contributed by atoms with Gasteiger partial charge in [-0.1, -0.05) is 53.5 Å². The van der Waals surface area contributed by atoms with Crippen LogP contribution in [0.15, 0.2) is 42.5 Å². The van der Waals surface area contributed by atoms with Crippen LogP contribution in [0.5, 0.6) is 5.75 Å². The first-order valence-corrected chi connectivity index (χ1v) is 7.00. The predicted molar refractivity (Wildman–Crippen MR) is 83.3 cm³/mol. The van der Waals surface area contributed by atoms with Crippen molar-refractivity contribution in [3.63, 3.8) is 0 Å². The summed E-state index contributed by atoms with van der Waals surface area (Å²) in [6, 6.07) is 12.7. The highest BCUT2D eigenvalue weighted by atomic mass is 35.5. The van der Waals surface area contributed by atoms with E-state index >= 15 is 0 Å². The van der Waals surface area contributed by atoms with E-state index in [2.05, 4.69) is 5.43 Å². The van der Waals surface area contributed by atoms with Crippen molar-refractivity contribution in [1.82, 2.24) is 5.43 Å². The number of rotatable bonds is 5. The second-order valence-corrected chi connectivity index (χ2v) is 5.21. The first-order chi connectivity index (χ1) is 10.1. The van der Waals surface area contributed by atoms with Crippen LogP contribution in [-0.4, -0.2) is 5.91 Å². The normalized spacial score (nSPS) is 10.2. The number of carbonyl (C=O) groups excluding carboxylic acids is 1. The molecule has 21 heavy (non-hydrogen) atoms. The molecule has 2 rings (SSSR count). The van der Waals surface area contributed by atoms with Gasteiger partial charge in [-0.2, -0.15) is 0 Å². The molecule has 0 aliphatic carbocycles. The van der Waals surface area contributed by atoms with E-state index in [0.717, 1.165) is 11.1 Å². The summed E-state index contributed by atoms with van der Waals surface area (Å²) in [5.74, 6) is 5.28. The van der Waals surface area contributed by atoms with Gasteiger partial charge < -0.3 is 4.74 Å². The van der Waals surface area contributed by atoms with Gasteiger partial charge in [0.15, 0.2) is 5.75 Å². The standard InChI is InChI=1S/C15H14Cl2N2O2/c16-12-2-1-3-13(17)15(12)21-9-11-6-4-10(5-7-11)8-14(20)19-18/h1-7H,8-9,18H2,(H,19,20). The van der Waals surface area contributed by atoms with E-state index in [9.17, 15) is 4.79 Å². The summed E-state index contributed by atoms with van der Waals surface area (Å²) in [4.78, 5) is 11.2. The summed E-state index contributed by atoms with van der Waals surface area (Å²) >= 11 is 12.1. The number of nitrogens with two attached hydrogens (primary N) is 1. The van der Waals surface area contributed by atoms with Gasteiger partial charge in [0.05, 0.1) is 16.5 Å². The number of para-hydroxylation sites is 1. The van der Waals surface area contributed by atoms with Crippen molar-refractivity contribution in [3.8, 4) is 5.75 Å². The topological polar surface area (TPSA) is 64.3 Å². The van der Waals surface area contributed by atoms with E-state index in [0.29, 0.717) is 22.4 Å². The van der Waals surface area contributed by atoms with E-state index in [1.807, 2.05) is 24.3 Å². The number of nitrogens with one attached hydrogen (secondary N) is 1. The number of amides is 1. The van der Waals surface area contributed by atoms with Gasteiger partial charge in [0, 0.05) is 0 Å². The number of hydrogen-bond donors (Lipinski definition) is 2. The Morgan fingerprint density at radius 1 is 1.05 bits per heavy atom. The van der Waals surface area contributed by atoms with Crippen molar-refractivity contribution in [2.24, 2.45) is 5.84 Å². The zero-order valence-corrected chi connectivity index (χ0v) is 12.6. The lowest BCUT2D eigenvalue weighted by atomic mass is 10.1. The number of ether oxygens (including phenoxy) is 1. The zero-order chi connectivity index (χ0) is 15.2. The molecule has 0 atom stereocenters. The van der Waals surface area contributed by atoms with E-state index < -0.39 is 0 Å². The van der Waals surface area contributed by atoms with Crippen molar-refractivity contribution in [3.05, 3.63) is 63.6 Å². The van der Waals surface area contributed by atoms with Crippen molar-refractivity contribution in [2.75, 3.05) is 0 Å². The van der Waals surface area contributed by atoms with Gasteiger partial charge in [0.2, 0.25) is 5.91 Å². The molecule has 0 heterocycles. The maximum Gasteiger partial charge on any atom is 0.238 e. The Hall–Kier alpha value is -1.75. The molecular formula is C15H14Cl2N2O2. The lowest BCUT2D eigenvalue weighted by Crippen LogP contribution is -2.31. The minimum absolute atomic E-state index is 0.234. The molecule has 0 saturated carbocycles. The molecule has 0 aliphatic rings. The fraction of sp³-hybridized carbons (Fsp3) is 0.133. The van der Waals surface area contributed by atoms with Crippen LogP contribution in [0.4, 0.5) is 0 Å². The van der Waals surface area contributed by atoms with Crippen LogP contribution >= 0.6 is 23.2 Å². The monoisotopic (exact) mass is 324 g/mol. The van der Waals surface area contributed by atoms with Crippen molar-refractivity contribution < 1.29 is 9.53 Å². The Morgan fingerprint density at radius 3 is 2.19 bits per heavy atom. The van der Waals surface area contributed by atoms with E-state index in [-0.39, 0.29) is 12.3 Å². The highest BCUT2D eigenvalue weighted by Crippen LogP contribution is 2.32. The Morgan fingerprint density at radius 2 is 1.62 bits per heavy atom. The van der Waals surface area contributed by atoms with Gasteiger partial charge in [-0.05, 0) is 23.3 Å². The van der Waals surface area contributed by atoms with Gasteiger partial charge in [-0.15, -0.1) is 0 Å². The first kappa shape index (κ1) is 15.6. The Balaban J connectivity index is 1.99. The average molecular weight is 325 g/mol. The molecule has 1 amide bonds. The molecule has 2 aromatic rings. The van der Waals surface area contributed by atoms with Gasteiger partial charge in [-0.25, -0.2) is 5.84 Å². The lowest BCUT2D eigenvalue weighted by Gasteiger charge is -2.10. The van der Waals surface area contributed by atoms with Crippen LogP contribution in [0.2, 0.25) is 10.0 Å². The summed E-state index contributed by atoms with van der Waals surface area (Å²) in [7, 11) is 0. The average Bonchev–Trinajstić information content (AvgIpc) is 2.48. The molecule has 110 valence electrons. The molecule has 4 nitrogen and oxygen atoms in total. The molecule has 0 unspecified atom stereocenters. The summed E-state index contributed by atoms with van der Waals surface area (Å²) in [6.45, 7) is 0.340. The molecule has 0 spiro atoms. The molecule has 0 radical (unpaired) electrons. The number of hydrogen-bond acceptors (Lipinski definition) is 3. The quantitative estimate of drug-likeness (QED) is 0.504. The summed E-state index contributed by atoms with van der Waals surface area (Å²) in [6.07, 6.45) is 0.244. The molecule has 0 saturated heterocycles. The van der Waals surface area contributed by atoms with Crippen molar-refractivity contribution in [1.29, 1.82) is 0 Å². The highest BCUT2D eigenvalue weighted by molar-refractivity contribution is 6.37. The van der Waals surface area contributed by atoms with Gasteiger partial charge in [-0.3, -0.25) is 10.2 Å². The smallest absolute Gasteiger partial charge is 0.238 e. The third-order valence-corrected chi connectivity index (χ3v) is 3.45. The van der Waals surface area contributed by atoms with E-state index in [1.54, 1.807) is 18.2 Å². The predicted octanol–water partition coefficient (Wildman–Crippen LogP) is 3.10. The van der Waals surface area contributed by atoms with E-state index in [4.69, 9.17) is 33.8 Å².